The van der Waals surface area contributed by atoms with Gasteiger partial charge >= 0.3 is 6.36 Å². The van der Waals surface area contributed by atoms with Crippen LogP contribution in [0.3, 0.4) is 0 Å². The fourth-order valence-corrected chi connectivity index (χ4v) is 2.16. The molecule has 23 heavy (non-hydrogen) atoms. The third kappa shape index (κ3) is 5.32. The number of carbonyl (C=O) groups excluding carboxylic acids is 1. The van der Waals surface area contributed by atoms with Crippen LogP contribution in [0.4, 0.5) is 18.9 Å². The molecule has 0 bridgehead atoms. The number of alkyl halides is 3. The van der Waals surface area contributed by atoms with E-state index in [0.717, 1.165) is 28.8 Å². The van der Waals surface area contributed by atoms with Gasteiger partial charge in [0.1, 0.15) is 5.75 Å². The molecule has 0 aliphatic carbocycles. The van der Waals surface area contributed by atoms with Gasteiger partial charge in [0.25, 0.3) is 0 Å². The highest BCUT2D eigenvalue weighted by molar-refractivity contribution is 5.92. The van der Waals surface area contributed by atoms with Crippen LogP contribution in [-0.4, -0.2) is 12.3 Å². The van der Waals surface area contributed by atoms with Crippen LogP contribution in [-0.2, 0) is 11.2 Å². The van der Waals surface area contributed by atoms with Gasteiger partial charge in [0.2, 0.25) is 5.91 Å². The molecule has 0 saturated carbocycles. The molecule has 0 unspecified atom stereocenters. The highest BCUT2D eigenvalue weighted by Crippen LogP contribution is 2.24. The van der Waals surface area contributed by atoms with Crippen molar-refractivity contribution in [2.24, 2.45) is 0 Å². The molecular formula is C17H16F3NO2. The van der Waals surface area contributed by atoms with Gasteiger partial charge in [0, 0.05) is 5.69 Å². The van der Waals surface area contributed by atoms with E-state index in [4.69, 9.17) is 0 Å². The van der Waals surface area contributed by atoms with E-state index in [0.29, 0.717) is 5.69 Å². The van der Waals surface area contributed by atoms with Gasteiger partial charge in [-0.2, -0.15) is 0 Å². The number of hydrogen-bond acceptors (Lipinski definition) is 2. The Balaban J connectivity index is 1.97. The van der Waals surface area contributed by atoms with E-state index in [1.807, 2.05) is 32.0 Å². The van der Waals surface area contributed by atoms with E-state index in [-0.39, 0.29) is 18.1 Å². The number of carbonyl (C=O) groups is 1. The van der Waals surface area contributed by atoms with Crippen LogP contribution in [0.15, 0.2) is 42.5 Å². The second-order valence-electron chi connectivity index (χ2n) is 5.23. The number of nitrogens with one attached hydrogen (secondary N) is 1. The number of ether oxygens (including phenoxy) is 1. The topological polar surface area (TPSA) is 38.3 Å². The number of benzene rings is 2. The van der Waals surface area contributed by atoms with Crippen LogP contribution in [0, 0.1) is 13.8 Å². The van der Waals surface area contributed by atoms with Gasteiger partial charge in [-0.1, -0.05) is 23.8 Å². The van der Waals surface area contributed by atoms with Gasteiger partial charge in [-0.05, 0) is 49.2 Å². The van der Waals surface area contributed by atoms with Crippen molar-refractivity contribution in [3.05, 3.63) is 59.2 Å². The van der Waals surface area contributed by atoms with E-state index < -0.39 is 6.36 Å². The Morgan fingerprint density at radius 2 is 1.74 bits per heavy atom. The molecule has 2 aromatic carbocycles. The van der Waals surface area contributed by atoms with E-state index in [1.165, 1.54) is 12.1 Å². The minimum absolute atomic E-state index is 0.201. The van der Waals surface area contributed by atoms with Crippen molar-refractivity contribution >= 4 is 11.6 Å². The number of halogens is 3. The van der Waals surface area contributed by atoms with E-state index in [9.17, 15) is 18.0 Å². The van der Waals surface area contributed by atoms with Gasteiger partial charge in [0.15, 0.2) is 0 Å². The summed E-state index contributed by atoms with van der Waals surface area (Å²) in [4.78, 5) is 12.0. The summed E-state index contributed by atoms with van der Waals surface area (Å²) in [5.41, 5.74) is 3.46. The molecule has 2 rings (SSSR count). The summed E-state index contributed by atoms with van der Waals surface area (Å²) in [6.07, 6.45) is -4.53. The molecule has 0 fully saturated rings. The van der Waals surface area contributed by atoms with Crippen molar-refractivity contribution in [1.82, 2.24) is 0 Å². The summed E-state index contributed by atoms with van der Waals surface area (Å²) < 4.78 is 40.0. The molecule has 0 spiro atoms. The Kier molecular flexibility index (Phi) is 4.93. The van der Waals surface area contributed by atoms with Gasteiger partial charge in [-0.15, -0.1) is 13.2 Å². The summed E-state index contributed by atoms with van der Waals surface area (Å²) in [5.74, 6) is -0.564. The molecule has 0 aliphatic rings. The monoisotopic (exact) mass is 323 g/mol. The minimum atomic E-state index is -4.73. The highest BCUT2D eigenvalue weighted by Gasteiger charge is 2.30. The molecule has 2 aromatic rings. The molecule has 0 radical (unpaired) electrons. The number of amides is 1. The standard InChI is InChI=1S/C17H16F3NO2/c1-11-3-4-13(12(2)9-11)10-16(22)21-14-5-7-15(8-6-14)23-17(18,19)20/h3-9H,10H2,1-2H3,(H,21,22). The second kappa shape index (κ2) is 6.73. The fourth-order valence-electron chi connectivity index (χ4n) is 2.16. The maximum Gasteiger partial charge on any atom is 0.573 e. The maximum absolute atomic E-state index is 12.1. The zero-order chi connectivity index (χ0) is 17.0. The van der Waals surface area contributed by atoms with Crippen LogP contribution in [0.5, 0.6) is 5.75 Å². The molecule has 0 heterocycles. The first-order valence-electron chi connectivity index (χ1n) is 6.95. The van der Waals surface area contributed by atoms with Crippen molar-refractivity contribution < 1.29 is 22.7 Å². The third-order valence-electron chi connectivity index (χ3n) is 3.22. The lowest BCUT2D eigenvalue weighted by Gasteiger charge is -2.10. The number of aryl methyl sites for hydroxylation is 2. The highest BCUT2D eigenvalue weighted by atomic mass is 19.4. The van der Waals surface area contributed by atoms with Crippen LogP contribution in [0.1, 0.15) is 16.7 Å². The van der Waals surface area contributed by atoms with Crippen LogP contribution >= 0.6 is 0 Å². The van der Waals surface area contributed by atoms with Gasteiger partial charge in [-0.3, -0.25) is 4.79 Å². The van der Waals surface area contributed by atoms with Gasteiger partial charge in [-0.25, -0.2) is 0 Å². The summed E-state index contributed by atoms with van der Waals surface area (Å²) in [5, 5.41) is 2.65. The van der Waals surface area contributed by atoms with E-state index in [2.05, 4.69) is 10.1 Å². The van der Waals surface area contributed by atoms with Crippen molar-refractivity contribution in [2.75, 3.05) is 5.32 Å². The molecule has 0 aliphatic heterocycles. The first-order valence-corrected chi connectivity index (χ1v) is 6.95. The Hall–Kier alpha value is -2.50. The molecule has 0 saturated heterocycles. The molecule has 0 atom stereocenters. The first-order chi connectivity index (χ1) is 10.7. The summed E-state index contributed by atoms with van der Waals surface area (Å²) in [7, 11) is 0. The van der Waals surface area contributed by atoms with Crippen molar-refractivity contribution in [1.29, 1.82) is 0 Å². The first kappa shape index (κ1) is 16.9. The van der Waals surface area contributed by atoms with Crippen molar-refractivity contribution in [2.45, 2.75) is 26.6 Å². The number of rotatable bonds is 4. The average molecular weight is 323 g/mol. The summed E-state index contributed by atoms with van der Waals surface area (Å²) in [6.45, 7) is 3.90. The quantitative estimate of drug-likeness (QED) is 0.906. The van der Waals surface area contributed by atoms with E-state index in [1.54, 1.807) is 0 Å². The zero-order valence-corrected chi connectivity index (χ0v) is 12.7. The van der Waals surface area contributed by atoms with Gasteiger partial charge < -0.3 is 10.1 Å². The number of anilines is 1. The lowest BCUT2D eigenvalue weighted by Crippen LogP contribution is -2.17. The predicted molar refractivity (Wildman–Crippen MR) is 81.4 cm³/mol. The Morgan fingerprint density at radius 1 is 1.09 bits per heavy atom. The summed E-state index contributed by atoms with van der Waals surface area (Å²) in [6, 6.07) is 10.8. The molecule has 6 heteroatoms. The average Bonchev–Trinajstić information content (AvgIpc) is 2.42. The molecule has 3 nitrogen and oxygen atoms in total. The molecule has 1 N–H and O–H groups in total. The minimum Gasteiger partial charge on any atom is -0.406 e. The van der Waals surface area contributed by atoms with Crippen LogP contribution < -0.4 is 10.1 Å². The van der Waals surface area contributed by atoms with Crippen molar-refractivity contribution in [3.63, 3.8) is 0 Å². The zero-order valence-electron chi connectivity index (χ0n) is 12.7. The second-order valence-corrected chi connectivity index (χ2v) is 5.23. The normalized spacial score (nSPS) is 11.2. The third-order valence-corrected chi connectivity index (χ3v) is 3.22. The lowest BCUT2D eigenvalue weighted by atomic mass is 10.0. The molecule has 0 aromatic heterocycles. The number of hydrogen-bond donors (Lipinski definition) is 1. The summed E-state index contributed by atoms with van der Waals surface area (Å²) >= 11 is 0. The molecule has 1 amide bonds. The molecular weight excluding hydrogens is 307 g/mol. The van der Waals surface area contributed by atoms with Gasteiger partial charge in [0.05, 0.1) is 6.42 Å². The van der Waals surface area contributed by atoms with Crippen molar-refractivity contribution in [3.8, 4) is 5.75 Å². The Morgan fingerprint density at radius 3 is 2.30 bits per heavy atom. The largest absolute Gasteiger partial charge is 0.573 e. The van der Waals surface area contributed by atoms with E-state index >= 15 is 0 Å². The lowest BCUT2D eigenvalue weighted by molar-refractivity contribution is -0.274. The molecule has 122 valence electrons. The Bertz CT molecular complexity index is 694. The predicted octanol–water partition coefficient (Wildman–Crippen LogP) is 4.38. The smallest absolute Gasteiger partial charge is 0.406 e. The van der Waals surface area contributed by atoms with Crippen LogP contribution in [0.25, 0.3) is 0 Å². The maximum atomic E-state index is 12.1. The Labute approximate surface area is 132 Å². The van der Waals surface area contributed by atoms with Crippen LogP contribution in [0.2, 0.25) is 0 Å². The SMILES string of the molecule is Cc1ccc(CC(=O)Nc2ccc(OC(F)(F)F)cc2)c(C)c1. The fraction of sp³-hybridized carbons (Fsp3) is 0.235.